The zero-order valence-electron chi connectivity index (χ0n) is 12.8. The Labute approximate surface area is 130 Å². The Morgan fingerprint density at radius 1 is 1.33 bits per heavy atom. The molecule has 0 fully saturated rings. The normalized spacial score (nSPS) is 11.2. The summed E-state index contributed by atoms with van der Waals surface area (Å²) < 4.78 is 5.72. The lowest BCUT2D eigenvalue weighted by molar-refractivity contribution is -0.116. The number of halogens is 1. The molecule has 0 bridgehead atoms. The summed E-state index contributed by atoms with van der Waals surface area (Å²) in [4.78, 5) is 16.2. The molecule has 0 saturated heterocycles. The van der Waals surface area contributed by atoms with E-state index in [1.165, 1.54) is 0 Å². The van der Waals surface area contributed by atoms with Gasteiger partial charge >= 0.3 is 0 Å². The molecule has 1 heterocycles. The van der Waals surface area contributed by atoms with Crippen LogP contribution in [0.3, 0.4) is 0 Å². The molecule has 0 aliphatic rings. The molecule has 21 heavy (non-hydrogen) atoms. The first-order valence-corrected chi connectivity index (χ1v) is 6.75. The fourth-order valence-electron chi connectivity index (χ4n) is 1.79. The van der Waals surface area contributed by atoms with E-state index in [0.29, 0.717) is 18.9 Å². The van der Waals surface area contributed by atoms with Gasteiger partial charge in [0, 0.05) is 24.1 Å². The van der Waals surface area contributed by atoms with Crippen molar-refractivity contribution in [3.8, 4) is 0 Å². The highest BCUT2D eigenvalue weighted by atomic mass is 35.5. The van der Waals surface area contributed by atoms with Gasteiger partial charge < -0.3 is 15.1 Å². The fourth-order valence-corrected chi connectivity index (χ4v) is 1.79. The number of benzene rings is 1. The molecule has 1 aromatic carbocycles. The van der Waals surface area contributed by atoms with E-state index in [1.54, 1.807) is 0 Å². The van der Waals surface area contributed by atoms with E-state index in [1.807, 2.05) is 25.2 Å². The summed E-state index contributed by atoms with van der Waals surface area (Å²) in [6.45, 7) is 6.82. The first-order valence-electron chi connectivity index (χ1n) is 6.75. The maximum absolute atomic E-state index is 11.7. The van der Waals surface area contributed by atoms with Gasteiger partial charge in [-0.25, -0.2) is 4.98 Å². The zero-order valence-corrected chi connectivity index (χ0v) is 13.6. The first-order chi connectivity index (χ1) is 9.40. The van der Waals surface area contributed by atoms with Crippen LogP contribution in [-0.4, -0.2) is 24.5 Å². The Morgan fingerprint density at radius 3 is 2.67 bits per heavy atom. The second-order valence-corrected chi connectivity index (χ2v) is 5.85. The summed E-state index contributed by atoms with van der Waals surface area (Å²) in [6, 6.07) is 5.51. The highest BCUT2D eigenvalue weighted by molar-refractivity contribution is 5.92. The molecule has 0 saturated carbocycles. The monoisotopic (exact) mass is 311 g/mol. The van der Waals surface area contributed by atoms with Gasteiger partial charge in [0.1, 0.15) is 5.52 Å². The smallest absolute Gasteiger partial charge is 0.225 e. The Kier molecular flexibility index (Phi) is 5.75. The summed E-state index contributed by atoms with van der Waals surface area (Å²) >= 11 is 0. The van der Waals surface area contributed by atoms with Gasteiger partial charge in [-0.05, 0) is 25.2 Å². The third-order valence-corrected chi connectivity index (χ3v) is 2.91. The van der Waals surface area contributed by atoms with Gasteiger partial charge in [0.15, 0.2) is 5.58 Å². The number of anilines is 1. The first kappa shape index (κ1) is 17.5. The van der Waals surface area contributed by atoms with Crippen molar-refractivity contribution < 1.29 is 9.21 Å². The lowest BCUT2D eigenvalue weighted by Gasteiger charge is -2.11. The van der Waals surface area contributed by atoms with Crippen LogP contribution in [0.5, 0.6) is 0 Å². The minimum atomic E-state index is -0.130. The fraction of sp³-hybridized carbons (Fsp3) is 0.467. The van der Waals surface area contributed by atoms with Crippen molar-refractivity contribution in [2.45, 2.75) is 32.6 Å². The van der Waals surface area contributed by atoms with Crippen LogP contribution in [0.4, 0.5) is 5.69 Å². The van der Waals surface area contributed by atoms with Crippen LogP contribution in [0.2, 0.25) is 0 Å². The van der Waals surface area contributed by atoms with Crippen LogP contribution in [-0.2, 0) is 10.2 Å². The number of hydrogen-bond donors (Lipinski definition) is 2. The minimum absolute atomic E-state index is 0. The molecular weight excluding hydrogens is 290 g/mol. The van der Waals surface area contributed by atoms with Crippen LogP contribution < -0.4 is 10.6 Å². The molecule has 2 aromatic rings. The van der Waals surface area contributed by atoms with Crippen molar-refractivity contribution in [1.82, 2.24) is 10.3 Å². The number of nitrogens with zero attached hydrogens (tertiary/aromatic N) is 1. The second-order valence-electron chi connectivity index (χ2n) is 5.85. The molecule has 5 nitrogen and oxygen atoms in total. The van der Waals surface area contributed by atoms with E-state index in [4.69, 9.17) is 4.42 Å². The Morgan fingerprint density at radius 2 is 2.05 bits per heavy atom. The van der Waals surface area contributed by atoms with E-state index in [0.717, 1.165) is 16.8 Å². The molecule has 0 aliphatic carbocycles. The van der Waals surface area contributed by atoms with Gasteiger partial charge in [0.25, 0.3) is 0 Å². The van der Waals surface area contributed by atoms with Gasteiger partial charge in [-0.15, -0.1) is 12.4 Å². The Bertz CT molecular complexity index is 617. The summed E-state index contributed by atoms with van der Waals surface area (Å²) in [5.41, 5.74) is 2.12. The van der Waals surface area contributed by atoms with E-state index in [-0.39, 0.29) is 23.7 Å². The summed E-state index contributed by atoms with van der Waals surface area (Å²) in [5, 5.41) is 5.80. The lowest BCUT2D eigenvalue weighted by Crippen LogP contribution is -2.18. The summed E-state index contributed by atoms with van der Waals surface area (Å²) in [7, 11) is 1.82. The van der Waals surface area contributed by atoms with E-state index in [9.17, 15) is 4.79 Å². The van der Waals surface area contributed by atoms with Crippen LogP contribution in [0, 0.1) is 0 Å². The highest BCUT2D eigenvalue weighted by Crippen LogP contribution is 2.27. The number of carbonyl (C=O) groups excluding carboxylic acids is 1. The van der Waals surface area contributed by atoms with Gasteiger partial charge in [0.05, 0.1) is 0 Å². The molecule has 1 amide bonds. The SMILES string of the molecule is CNCCC(=O)Nc1ccc2oc(C(C)(C)C)nc2c1.Cl. The van der Waals surface area contributed by atoms with Gasteiger partial charge in [-0.3, -0.25) is 4.79 Å². The van der Waals surface area contributed by atoms with Gasteiger partial charge in [-0.1, -0.05) is 20.8 Å². The largest absolute Gasteiger partial charge is 0.440 e. The predicted molar refractivity (Wildman–Crippen MR) is 87.1 cm³/mol. The lowest BCUT2D eigenvalue weighted by atomic mass is 9.97. The number of carbonyl (C=O) groups is 1. The number of nitrogens with one attached hydrogen (secondary N) is 2. The average Bonchev–Trinajstić information content (AvgIpc) is 2.79. The number of hydrogen-bond acceptors (Lipinski definition) is 4. The van der Waals surface area contributed by atoms with Crippen molar-refractivity contribution in [3.63, 3.8) is 0 Å². The highest BCUT2D eigenvalue weighted by Gasteiger charge is 2.20. The molecule has 0 aliphatic heterocycles. The molecule has 6 heteroatoms. The van der Waals surface area contributed by atoms with E-state index >= 15 is 0 Å². The summed E-state index contributed by atoms with van der Waals surface area (Å²) in [6.07, 6.45) is 0.445. The third-order valence-electron chi connectivity index (χ3n) is 2.91. The number of rotatable bonds is 4. The van der Waals surface area contributed by atoms with E-state index < -0.39 is 0 Å². The number of fused-ring (bicyclic) bond motifs is 1. The molecule has 2 rings (SSSR count). The maximum atomic E-state index is 11.7. The van der Waals surface area contributed by atoms with Crippen molar-refractivity contribution in [2.75, 3.05) is 18.9 Å². The standard InChI is InChI=1S/C15H21N3O2.ClH/c1-15(2,3)14-18-11-9-10(5-6-12(11)20-14)17-13(19)7-8-16-4;/h5-6,9,16H,7-8H2,1-4H3,(H,17,19);1H. The number of oxazole rings is 1. The summed E-state index contributed by atoms with van der Waals surface area (Å²) in [5.74, 6) is 0.685. The topological polar surface area (TPSA) is 67.2 Å². The molecular formula is C15H22ClN3O2. The second kappa shape index (κ2) is 6.91. The van der Waals surface area contributed by atoms with Crippen LogP contribution in [0.15, 0.2) is 22.6 Å². The molecule has 1 aromatic heterocycles. The van der Waals surface area contributed by atoms with Crippen LogP contribution in [0.25, 0.3) is 11.1 Å². The van der Waals surface area contributed by atoms with Gasteiger partial charge in [-0.2, -0.15) is 0 Å². The third kappa shape index (κ3) is 4.44. The Hall–Kier alpha value is -1.59. The molecule has 116 valence electrons. The van der Waals surface area contributed by atoms with Crippen molar-refractivity contribution in [2.24, 2.45) is 0 Å². The van der Waals surface area contributed by atoms with E-state index in [2.05, 4.69) is 36.4 Å². The Balaban J connectivity index is 0.00000220. The minimum Gasteiger partial charge on any atom is -0.440 e. The number of aromatic nitrogens is 1. The van der Waals surface area contributed by atoms with Gasteiger partial charge in [0.2, 0.25) is 11.8 Å². The maximum Gasteiger partial charge on any atom is 0.225 e. The molecule has 0 spiro atoms. The van der Waals surface area contributed by atoms with Crippen LogP contribution in [0.1, 0.15) is 33.1 Å². The molecule has 2 N–H and O–H groups in total. The van der Waals surface area contributed by atoms with Crippen molar-refractivity contribution in [1.29, 1.82) is 0 Å². The molecule has 0 atom stereocenters. The van der Waals surface area contributed by atoms with Crippen molar-refractivity contribution in [3.05, 3.63) is 24.1 Å². The molecule has 0 radical (unpaired) electrons. The number of amides is 1. The molecule has 0 unspecified atom stereocenters. The van der Waals surface area contributed by atoms with Crippen molar-refractivity contribution >= 4 is 35.1 Å². The zero-order chi connectivity index (χ0) is 14.8. The van der Waals surface area contributed by atoms with Crippen LogP contribution >= 0.6 is 12.4 Å². The predicted octanol–water partition coefficient (Wildman–Crippen LogP) is 3.10. The quantitative estimate of drug-likeness (QED) is 0.910. The average molecular weight is 312 g/mol.